The fourth-order valence-corrected chi connectivity index (χ4v) is 3.62. The molecular weight excluding hydrogens is 382 g/mol. The first kappa shape index (κ1) is 22.1. The molecule has 30 heavy (non-hydrogen) atoms. The average molecular weight is 414 g/mol. The molecule has 0 saturated heterocycles. The second kappa shape index (κ2) is 11.6. The molecule has 0 amide bonds. The number of fused-ring (bicyclic) bond motifs is 1. The number of benzene rings is 2. The van der Waals surface area contributed by atoms with Gasteiger partial charge in [0.05, 0.1) is 6.61 Å². The monoisotopic (exact) mass is 413 g/mol. The lowest BCUT2D eigenvalue weighted by Crippen LogP contribution is -2.39. The molecule has 0 aromatic heterocycles. The molecule has 0 saturated carbocycles. The van der Waals surface area contributed by atoms with Crippen molar-refractivity contribution < 1.29 is 24.1 Å². The molecule has 2 aromatic carbocycles. The largest absolute Gasteiger partial charge is 0.491 e. The van der Waals surface area contributed by atoms with E-state index in [4.69, 9.17) is 14.2 Å². The van der Waals surface area contributed by atoms with Gasteiger partial charge in [0.1, 0.15) is 24.2 Å². The van der Waals surface area contributed by atoms with Gasteiger partial charge < -0.3 is 24.6 Å². The molecule has 0 unspecified atom stereocenters. The van der Waals surface area contributed by atoms with Gasteiger partial charge in [0.2, 0.25) is 0 Å². The van der Waals surface area contributed by atoms with E-state index in [-0.39, 0.29) is 25.2 Å². The topological polar surface area (TPSA) is 77.0 Å². The summed E-state index contributed by atoms with van der Waals surface area (Å²) < 4.78 is 16.1. The summed E-state index contributed by atoms with van der Waals surface area (Å²) in [4.78, 5) is 11.5. The molecule has 6 nitrogen and oxygen atoms in total. The number of aliphatic hydroxyl groups is 1. The highest BCUT2D eigenvalue weighted by atomic mass is 16.6. The summed E-state index contributed by atoms with van der Waals surface area (Å²) in [7, 11) is 0. The number of esters is 1. The van der Waals surface area contributed by atoms with Crippen LogP contribution in [0.4, 0.5) is 0 Å². The summed E-state index contributed by atoms with van der Waals surface area (Å²) in [6.45, 7) is 2.78. The Balaban J connectivity index is 1.48. The van der Waals surface area contributed by atoms with E-state index in [9.17, 15) is 9.90 Å². The second-order valence-electron chi connectivity index (χ2n) is 7.50. The highest BCUT2D eigenvalue weighted by Gasteiger charge is 2.18. The van der Waals surface area contributed by atoms with Crippen molar-refractivity contribution in [1.29, 1.82) is 0 Å². The molecule has 0 radical (unpaired) electrons. The Kier molecular flexibility index (Phi) is 8.53. The van der Waals surface area contributed by atoms with Gasteiger partial charge in [0.25, 0.3) is 0 Å². The molecule has 1 aliphatic rings. The number of rotatable bonds is 10. The normalized spacial score (nSPS) is 16.8. The zero-order valence-corrected chi connectivity index (χ0v) is 17.5. The zero-order valence-electron chi connectivity index (χ0n) is 17.5. The molecular formula is C24H31NO5. The third kappa shape index (κ3) is 7.04. The first-order valence-electron chi connectivity index (χ1n) is 10.6. The number of aliphatic hydroxyl groups excluding tert-OH is 1. The second-order valence-corrected chi connectivity index (χ2v) is 7.50. The molecule has 1 aliphatic carbocycles. The number of para-hydroxylation sites is 1. The molecule has 2 atom stereocenters. The van der Waals surface area contributed by atoms with Crippen molar-refractivity contribution in [2.24, 2.45) is 0 Å². The molecule has 0 heterocycles. The van der Waals surface area contributed by atoms with Gasteiger partial charge >= 0.3 is 5.97 Å². The summed E-state index contributed by atoms with van der Waals surface area (Å²) in [5.74, 6) is 1.08. The Morgan fingerprint density at radius 2 is 1.97 bits per heavy atom. The molecule has 0 aliphatic heterocycles. The minimum Gasteiger partial charge on any atom is -0.491 e. The first-order valence-corrected chi connectivity index (χ1v) is 10.6. The minimum atomic E-state index is -0.577. The van der Waals surface area contributed by atoms with Crippen LogP contribution in [0.2, 0.25) is 0 Å². The minimum absolute atomic E-state index is 0.0814. The lowest BCUT2D eigenvalue weighted by molar-refractivity contribution is -0.145. The Morgan fingerprint density at radius 1 is 1.13 bits per heavy atom. The Labute approximate surface area is 178 Å². The SMILES string of the molecule is CCOC(=O)COc1ccc2c(c1)C[C@H](NC[C@H](O)COc1ccccc1)CCC2. The van der Waals surface area contributed by atoms with Crippen LogP contribution in [0.1, 0.15) is 30.9 Å². The quantitative estimate of drug-likeness (QED) is 0.461. The van der Waals surface area contributed by atoms with E-state index in [0.29, 0.717) is 18.9 Å². The van der Waals surface area contributed by atoms with Crippen LogP contribution in [-0.4, -0.2) is 49.6 Å². The number of hydrogen-bond donors (Lipinski definition) is 2. The van der Waals surface area contributed by atoms with Crippen molar-refractivity contribution in [2.75, 3.05) is 26.4 Å². The molecule has 162 valence electrons. The third-order valence-corrected chi connectivity index (χ3v) is 5.13. The van der Waals surface area contributed by atoms with Crippen LogP contribution in [0.5, 0.6) is 11.5 Å². The molecule has 6 heteroatoms. The van der Waals surface area contributed by atoms with E-state index in [1.54, 1.807) is 6.92 Å². The lowest BCUT2D eigenvalue weighted by Gasteiger charge is -2.20. The number of nitrogens with one attached hydrogen (secondary N) is 1. The molecule has 3 rings (SSSR count). The van der Waals surface area contributed by atoms with Crippen LogP contribution < -0.4 is 14.8 Å². The molecule has 2 aromatic rings. The van der Waals surface area contributed by atoms with Gasteiger partial charge in [-0.2, -0.15) is 0 Å². The van der Waals surface area contributed by atoms with Gasteiger partial charge in [-0.05, 0) is 68.0 Å². The molecule has 0 fully saturated rings. The van der Waals surface area contributed by atoms with Crippen LogP contribution in [0.15, 0.2) is 48.5 Å². The van der Waals surface area contributed by atoms with E-state index in [2.05, 4.69) is 11.4 Å². The lowest BCUT2D eigenvalue weighted by atomic mass is 10.0. The van der Waals surface area contributed by atoms with Gasteiger partial charge in [-0.3, -0.25) is 0 Å². The van der Waals surface area contributed by atoms with E-state index in [1.165, 1.54) is 11.1 Å². The Bertz CT molecular complexity index is 795. The summed E-state index contributed by atoms with van der Waals surface area (Å²) in [6, 6.07) is 15.8. The van der Waals surface area contributed by atoms with E-state index >= 15 is 0 Å². The summed E-state index contributed by atoms with van der Waals surface area (Å²) in [6.07, 6.45) is 3.43. The van der Waals surface area contributed by atoms with E-state index in [0.717, 1.165) is 31.4 Å². The first-order chi connectivity index (χ1) is 14.6. The maximum Gasteiger partial charge on any atom is 0.344 e. The maximum atomic E-state index is 11.5. The van der Waals surface area contributed by atoms with Crippen molar-refractivity contribution in [2.45, 2.75) is 44.8 Å². The Morgan fingerprint density at radius 3 is 2.77 bits per heavy atom. The number of carbonyl (C=O) groups is 1. The standard InChI is InChI=1S/C24H31NO5/c1-2-28-24(27)17-30-23-12-11-18-7-6-8-20(13-19(18)14-23)25-15-21(26)16-29-22-9-4-3-5-10-22/h3-5,9-12,14,20-21,25-26H,2,6-8,13,15-17H2,1H3/t20-,21+/m1/s1. The van der Waals surface area contributed by atoms with Gasteiger partial charge in [-0.15, -0.1) is 0 Å². The van der Waals surface area contributed by atoms with Crippen LogP contribution in [0.3, 0.4) is 0 Å². The number of ether oxygens (including phenoxy) is 3. The van der Waals surface area contributed by atoms with Crippen molar-refractivity contribution in [3.05, 3.63) is 59.7 Å². The summed E-state index contributed by atoms with van der Waals surface area (Å²) >= 11 is 0. The van der Waals surface area contributed by atoms with Gasteiger partial charge in [-0.25, -0.2) is 4.79 Å². The van der Waals surface area contributed by atoms with E-state index in [1.807, 2.05) is 42.5 Å². The molecule has 0 spiro atoms. The highest BCUT2D eigenvalue weighted by molar-refractivity contribution is 5.71. The fourth-order valence-electron chi connectivity index (χ4n) is 3.62. The van der Waals surface area contributed by atoms with Gasteiger partial charge in [-0.1, -0.05) is 24.3 Å². The smallest absolute Gasteiger partial charge is 0.344 e. The average Bonchev–Trinajstić information content (AvgIpc) is 2.97. The summed E-state index contributed by atoms with van der Waals surface area (Å²) in [5, 5.41) is 13.7. The van der Waals surface area contributed by atoms with Crippen LogP contribution in [0.25, 0.3) is 0 Å². The van der Waals surface area contributed by atoms with Crippen molar-refractivity contribution in [1.82, 2.24) is 5.32 Å². The summed E-state index contributed by atoms with van der Waals surface area (Å²) in [5.41, 5.74) is 2.54. The van der Waals surface area contributed by atoms with Crippen molar-refractivity contribution in [3.8, 4) is 11.5 Å². The number of carbonyl (C=O) groups excluding carboxylic acids is 1. The Hall–Kier alpha value is -2.57. The van der Waals surface area contributed by atoms with Gasteiger partial charge in [0.15, 0.2) is 6.61 Å². The number of hydrogen-bond acceptors (Lipinski definition) is 6. The zero-order chi connectivity index (χ0) is 21.2. The highest BCUT2D eigenvalue weighted by Crippen LogP contribution is 2.25. The van der Waals surface area contributed by atoms with E-state index < -0.39 is 6.10 Å². The third-order valence-electron chi connectivity index (χ3n) is 5.13. The number of aryl methyl sites for hydroxylation is 1. The maximum absolute atomic E-state index is 11.5. The van der Waals surface area contributed by atoms with Crippen LogP contribution in [-0.2, 0) is 22.4 Å². The predicted octanol–water partition coefficient (Wildman–Crippen LogP) is 2.91. The van der Waals surface area contributed by atoms with Crippen LogP contribution in [0, 0.1) is 0 Å². The van der Waals surface area contributed by atoms with Crippen molar-refractivity contribution >= 4 is 5.97 Å². The predicted molar refractivity (Wildman–Crippen MR) is 115 cm³/mol. The molecule has 0 bridgehead atoms. The fraction of sp³-hybridized carbons (Fsp3) is 0.458. The molecule has 2 N–H and O–H groups in total. The van der Waals surface area contributed by atoms with Crippen LogP contribution >= 0.6 is 0 Å². The van der Waals surface area contributed by atoms with Gasteiger partial charge in [0, 0.05) is 12.6 Å². The van der Waals surface area contributed by atoms with Crippen molar-refractivity contribution in [3.63, 3.8) is 0 Å².